The number of allylic oxidation sites excluding steroid dienone is 2. The Morgan fingerprint density at radius 1 is 0.930 bits per heavy atom. The molecular weight excluding hydrogens is 788 g/mol. The average Bonchev–Trinajstić information content (AvgIpc) is 3.55. The van der Waals surface area contributed by atoms with Crippen LogP contribution in [0.25, 0.3) is 0 Å². The summed E-state index contributed by atoms with van der Waals surface area (Å²) in [7, 11) is 1.42. The number of hydrogen-bond acceptors (Lipinski definition) is 9. The van der Waals surface area contributed by atoms with Crippen molar-refractivity contribution in [2.75, 3.05) is 19.1 Å². The lowest BCUT2D eigenvalue weighted by Gasteiger charge is -2.50. The number of aromatic hydroxyl groups is 2. The molecule has 4 aromatic rings. The Bertz CT molecular complexity index is 2360. The highest BCUT2D eigenvalue weighted by atomic mass is 35.5. The second kappa shape index (κ2) is 14.1. The molecule has 6 atom stereocenters. The van der Waals surface area contributed by atoms with Gasteiger partial charge in [-0.25, -0.2) is 4.98 Å². The van der Waals surface area contributed by atoms with Crippen LogP contribution < -0.4 is 10.2 Å². The van der Waals surface area contributed by atoms with Gasteiger partial charge in [-0.05, 0) is 84.8 Å². The smallest absolute Gasteiger partial charge is 0.417 e. The molecule has 6 unspecified atom stereocenters. The van der Waals surface area contributed by atoms with E-state index in [-0.39, 0.29) is 42.4 Å². The number of carbonyl (C=O) groups excluding carboxylic acids is 4. The van der Waals surface area contributed by atoms with Crippen molar-refractivity contribution in [3.05, 3.63) is 123 Å². The van der Waals surface area contributed by atoms with E-state index in [9.17, 15) is 37.8 Å². The molecule has 16 heteroatoms. The maximum absolute atomic E-state index is 15.3. The molecule has 3 N–H and O–H groups in total. The van der Waals surface area contributed by atoms with Gasteiger partial charge in [-0.2, -0.15) is 18.2 Å². The highest BCUT2D eigenvalue weighted by molar-refractivity contribution is 6.33. The number of phenols is 2. The van der Waals surface area contributed by atoms with Crippen LogP contribution >= 0.6 is 23.2 Å². The Kier molecular flexibility index (Phi) is 9.47. The zero-order valence-corrected chi connectivity index (χ0v) is 31.5. The molecular formula is C41H33Cl2F3N4O7. The van der Waals surface area contributed by atoms with Crippen molar-refractivity contribution < 1.29 is 47.3 Å². The van der Waals surface area contributed by atoms with Crippen molar-refractivity contribution in [3.63, 3.8) is 0 Å². The average molecular weight is 822 g/mol. The van der Waals surface area contributed by atoms with Gasteiger partial charge < -0.3 is 14.9 Å². The van der Waals surface area contributed by atoms with Gasteiger partial charge in [0.15, 0.2) is 5.82 Å². The zero-order valence-electron chi connectivity index (χ0n) is 30.0. The number of nitrogens with one attached hydrogen (secondary N) is 1. The molecule has 4 amide bonds. The quantitative estimate of drug-likeness (QED) is 0.126. The first kappa shape index (κ1) is 38.3. The number of likely N-dealkylation sites (tertiary alicyclic amines) is 1. The van der Waals surface area contributed by atoms with Gasteiger partial charge in [-0.1, -0.05) is 59.1 Å². The van der Waals surface area contributed by atoms with E-state index < -0.39 is 75.3 Å². The molecule has 2 saturated heterocycles. The third kappa shape index (κ3) is 6.16. The number of methoxy groups -OCH3 is 1. The minimum atomic E-state index is -4.77. The summed E-state index contributed by atoms with van der Waals surface area (Å²) in [4.78, 5) is 63.6. The van der Waals surface area contributed by atoms with Gasteiger partial charge in [0.05, 0.1) is 40.9 Å². The van der Waals surface area contributed by atoms with Crippen LogP contribution in [0.1, 0.15) is 41.0 Å². The van der Waals surface area contributed by atoms with Crippen LogP contribution in [-0.4, -0.2) is 62.4 Å². The van der Waals surface area contributed by atoms with Crippen LogP contribution in [0.5, 0.6) is 17.2 Å². The van der Waals surface area contributed by atoms with Gasteiger partial charge in [0, 0.05) is 29.2 Å². The molecule has 0 radical (unpaired) electrons. The van der Waals surface area contributed by atoms with Crippen molar-refractivity contribution >= 4 is 52.6 Å². The largest absolute Gasteiger partial charge is 0.508 e. The van der Waals surface area contributed by atoms with E-state index in [1.807, 2.05) is 6.08 Å². The molecule has 2 aliphatic carbocycles. The second-order valence-corrected chi connectivity index (χ2v) is 15.4. The molecule has 1 aromatic heterocycles. The molecule has 11 nitrogen and oxygen atoms in total. The Balaban J connectivity index is 1.27. The number of ether oxygens (including phenoxy) is 1. The minimum absolute atomic E-state index is 0.0751. The molecule has 4 aliphatic rings. The number of amides is 4. The summed E-state index contributed by atoms with van der Waals surface area (Å²) in [5.74, 6) is -7.46. The lowest BCUT2D eigenvalue weighted by atomic mass is 9.49. The van der Waals surface area contributed by atoms with Crippen molar-refractivity contribution in [3.8, 4) is 17.2 Å². The molecule has 0 bridgehead atoms. The van der Waals surface area contributed by atoms with E-state index in [0.29, 0.717) is 45.6 Å². The SMILES string of the molecule is COc1ccc(O)c(C2C3=CCC4C(=O)N(CCc5ccc(O)cc5)C(=O)C4C3CC3C(=O)N(Nc4ncc(C(F)(F)F)cc4Cl)C(=O)C32c2ccc(Cl)cc2)c1. The fraction of sp³-hybridized carbons (Fsp3) is 0.293. The van der Waals surface area contributed by atoms with Crippen LogP contribution in [0.4, 0.5) is 19.0 Å². The Hall–Kier alpha value is -5.60. The Labute approximate surface area is 333 Å². The summed E-state index contributed by atoms with van der Waals surface area (Å²) in [5.41, 5.74) is 1.51. The molecule has 3 fully saturated rings. The molecule has 2 aliphatic heterocycles. The fourth-order valence-electron chi connectivity index (χ4n) is 9.21. The lowest BCUT2D eigenvalue weighted by Crippen LogP contribution is -2.53. The monoisotopic (exact) mass is 820 g/mol. The summed E-state index contributed by atoms with van der Waals surface area (Å²) in [6, 6.07) is 17.8. The van der Waals surface area contributed by atoms with Crippen LogP contribution in [0.2, 0.25) is 10.0 Å². The number of hydrogen-bond donors (Lipinski definition) is 3. The summed E-state index contributed by atoms with van der Waals surface area (Å²) < 4.78 is 46.0. The lowest BCUT2D eigenvalue weighted by molar-refractivity contribution is -0.141. The van der Waals surface area contributed by atoms with Gasteiger partial charge in [-0.3, -0.25) is 29.5 Å². The number of fused-ring (bicyclic) bond motifs is 4. The first-order chi connectivity index (χ1) is 27.1. The van der Waals surface area contributed by atoms with Gasteiger partial charge in [0.25, 0.3) is 11.8 Å². The van der Waals surface area contributed by atoms with Gasteiger partial charge in [0.2, 0.25) is 11.8 Å². The van der Waals surface area contributed by atoms with Crippen LogP contribution in [0.3, 0.4) is 0 Å². The van der Waals surface area contributed by atoms with Gasteiger partial charge in [-0.15, -0.1) is 0 Å². The first-order valence-electron chi connectivity index (χ1n) is 18.0. The maximum Gasteiger partial charge on any atom is 0.417 e. The maximum atomic E-state index is 15.3. The van der Waals surface area contributed by atoms with Crippen molar-refractivity contribution in [2.45, 2.75) is 36.8 Å². The number of nitrogens with zero attached hydrogens (tertiary/aromatic N) is 3. The highest BCUT2D eigenvalue weighted by Crippen LogP contribution is 2.65. The van der Waals surface area contributed by atoms with E-state index in [1.165, 1.54) is 36.3 Å². The van der Waals surface area contributed by atoms with E-state index in [2.05, 4.69) is 10.4 Å². The minimum Gasteiger partial charge on any atom is -0.508 e. The summed E-state index contributed by atoms with van der Waals surface area (Å²) >= 11 is 12.6. The Morgan fingerprint density at radius 2 is 1.65 bits per heavy atom. The number of aromatic nitrogens is 1. The number of halogens is 5. The van der Waals surface area contributed by atoms with Crippen LogP contribution in [0, 0.1) is 23.7 Å². The van der Waals surface area contributed by atoms with Crippen LogP contribution in [0.15, 0.2) is 90.6 Å². The molecule has 3 heterocycles. The van der Waals surface area contributed by atoms with E-state index >= 15 is 4.79 Å². The summed E-state index contributed by atoms with van der Waals surface area (Å²) in [6.45, 7) is 0.0751. The van der Waals surface area contributed by atoms with Gasteiger partial charge >= 0.3 is 6.18 Å². The zero-order chi connectivity index (χ0) is 40.6. The van der Waals surface area contributed by atoms with Crippen molar-refractivity contribution in [1.82, 2.24) is 14.9 Å². The molecule has 8 rings (SSSR count). The van der Waals surface area contributed by atoms with Crippen molar-refractivity contribution in [1.29, 1.82) is 0 Å². The number of alkyl halides is 3. The third-order valence-electron chi connectivity index (χ3n) is 11.8. The number of rotatable bonds is 8. The predicted molar refractivity (Wildman–Crippen MR) is 200 cm³/mol. The molecule has 294 valence electrons. The molecule has 0 spiro atoms. The van der Waals surface area contributed by atoms with Crippen molar-refractivity contribution in [2.24, 2.45) is 23.7 Å². The molecule has 57 heavy (non-hydrogen) atoms. The fourth-order valence-corrected chi connectivity index (χ4v) is 9.54. The summed E-state index contributed by atoms with van der Waals surface area (Å²) in [5, 5.41) is 21.8. The van der Waals surface area contributed by atoms with E-state index in [1.54, 1.807) is 42.5 Å². The summed E-state index contributed by atoms with van der Waals surface area (Å²) in [6.07, 6.45) is -2.05. The van der Waals surface area contributed by atoms with Crippen LogP contribution in [-0.2, 0) is 37.2 Å². The number of benzene rings is 3. The normalized spacial score (nSPS) is 25.6. The number of hydrazine groups is 1. The number of pyridine rings is 1. The highest BCUT2D eigenvalue weighted by Gasteiger charge is 2.70. The topological polar surface area (TPSA) is 149 Å². The standard InChI is InChI=1S/C41H33Cl2F3N4O7/c1-57-25-10-13-32(52)29(17-25)34-26-11-12-27-33(38(55)49(36(27)53)15-14-20-2-8-24(51)9-3-20)28(26)18-30-37(54)50(39(56)40(30,34)21-4-6-23(42)7-5-21)48-35-31(43)16-22(19-47-35)41(44,45)46/h2-11,13,16-17,19,27-28,30,33-34,51-52H,12,14-15,18H2,1H3,(H,47,48). The number of phenolic OH excluding ortho intramolecular Hbond substituents is 2. The first-order valence-corrected chi connectivity index (χ1v) is 18.7. The molecule has 1 saturated carbocycles. The van der Waals surface area contributed by atoms with E-state index in [0.717, 1.165) is 5.56 Å². The number of imide groups is 2. The molecule has 3 aromatic carbocycles. The third-order valence-corrected chi connectivity index (χ3v) is 12.3. The predicted octanol–water partition coefficient (Wildman–Crippen LogP) is 7.05. The van der Waals surface area contributed by atoms with Gasteiger partial charge in [0.1, 0.15) is 17.2 Å². The second-order valence-electron chi connectivity index (χ2n) is 14.6. The number of carbonyl (C=O) groups is 4. The Morgan fingerprint density at radius 3 is 2.32 bits per heavy atom. The van der Waals surface area contributed by atoms with E-state index in [4.69, 9.17) is 27.9 Å². The number of anilines is 1.